The van der Waals surface area contributed by atoms with Gasteiger partial charge in [0, 0.05) is 26.5 Å². The summed E-state index contributed by atoms with van der Waals surface area (Å²) in [4.78, 5) is 66.2. The lowest BCUT2D eigenvalue weighted by Crippen LogP contribution is -2.62. The number of nitrogens with zero attached hydrogens (tertiary/aromatic N) is 4. The van der Waals surface area contributed by atoms with Crippen molar-refractivity contribution in [1.82, 2.24) is 41.0 Å². The van der Waals surface area contributed by atoms with Crippen LogP contribution in [0.3, 0.4) is 0 Å². The molecule has 1 aliphatic rings. The van der Waals surface area contributed by atoms with Crippen LogP contribution in [-0.2, 0) is 29.1 Å². The van der Waals surface area contributed by atoms with Gasteiger partial charge in [-0.25, -0.2) is 9.59 Å². The van der Waals surface area contributed by atoms with Crippen LogP contribution in [-0.4, -0.2) is 104 Å². The Kier molecular flexibility index (Phi) is 17.9. The van der Waals surface area contributed by atoms with Gasteiger partial charge in [0.15, 0.2) is 0 Å². The van der Waals surface area contributed by atoms with Crippen LogP contribution in [0.15, 0.2) is 79.1 Å². The topological polar surface area (TPSA) is 189 Å². The molecule has 2 heterocycles. The van der Waals surface area contributed by atoms with E-state index in [0.29, 0.717) is 17.8 Å². The number of rotatable bonds is 19. The molecule has 6 amide bonds. The fourth-order valence-corrected chi connectivity index (χ4v) is 7.38. The number of carbonyl (C=O) groups excluding carboxylic acids is 4. The standard InChI is InChI=1S/C44H64N8O6/c1-29(2)37(49-43(57)51(5)27-33-21-13-15-23-45-33)41(55)47-35(25-31-17-9-7-10-18-31)39(53)40(54)36(26-32-19-11-8-12-20-32)48-42(56)38(30(3)4)50-44(58)52(6)28-34-22-14-16-24-46-34/h7,9-10,13-18,21-24,29-30,32,35-40,53-54H,8,11-12,19-20,25-28H2,1-6H3,(H,47,55)(H,48,56)(H,49,57)(H,50,58)/t35-,36-,37-,38-,39-,40-/m0/s1. The van der Waals surface area contributed by atoms with Crippen LogP contribution in [0.2, 0.25) is 0 Å². The third kappa shape index (κ3) is 14.1. The van der Waals surface area contributed by atoms with Crippen molar-refractivity contribution in [3.63, 3.8) is 0 Å². The first kappa shape index (κ1) is 45.6. The first-order valence-corrected chi connectivity index (χ1v) is 20.6. The normalized spacial score (nSPS) is 16.3. The van der Waals surface area contributed by atoms with E-state index in [4.69, 9.17) is 0 Å². The highest BCUT2D eigenvalue weighted by atomic mass is 16.3. The Bertz CT molecular complexity index is 1710. The first-order valence-electron chi connectivity index (χ1n) is 20.6. The van der Waals surface area contributed by atoms with E-state index in [2.05, 4.69) is 31.2 Å². The summed E-state index contributed by atoms with van der Waals surface area (Å²) in [6.45, 7) is 7.77. The Morgan fingerprint density at radius 3 is 1.53 bits per heavy atom. The van der Waals surface area contributed by atoms with E-state index in [1.165, 1.54) is 9.80 Å². The molecule has 14 nitrogen and oxygen atoms in total. The van der Waals surface area contributed by atoms with E-state index < -0.39 is 60.3 Å². The van der Waals surface area contributed by atoms with E-state index >= 15 is 0 Å². The molecular weight excluding hydrogens is 737 g/mol. The highest BCUT2D eigenvalue weighted by Gasteiger charge is 2.38. The quantitative estimate of drug-likeness (QED) is 0.103. The van der Waals surface area contributed by atoms with E-state index in [-0.39, 0.29) is 37.3 Å². The average molecular weight is 801 g/mol. The lowest BCUT2D eigenvalue weighted by molar-refractivity contribution is -0.129. The van der Waals surface area contributed by atoms with Gasteiger partial charge in [-0.2, -0.15) is 0 Å². The SMILES string of the molecule is CC(C)[C@H](NC(=O)N(C)Cc1ccccn1)C(=O)N[C@@H](Cc1ccccc1)[C@H](O)[C@@H](O)[C@H](CC1CCCCC1)NC(=O)[C@@H](NC(=O)N(C)Cc1ccccn1)C(C)C. The molecule has 316 valence electrons. The maximum atomic E-state index is 14.1. The van der Waals surface area contributed by atoms with Crippen LogP contribution < -0.4 is 21.3 Å². The first-order chi connectivity index (χ1) is 27.7. The summed E-state index contributed by atoms with van der Waals surface area (Å²) in [5, 5.41) is 35.8. The molecule has 0 spiro atoms. The molecule has 58 heavy (non-hydrogen) atoms. The zero-order chi connectivity index (χ0) is 42.2. The van der Waals surface area contributed by atoms with Crippen LogP contribution >= 0.6 is 0 Å². The second kappa shape index (κ2) is 22.8. The van der Waals surface area contributed by atoms with Crippen LogP contribution in [0.25, 0.3) is 0 Å². The van der Waals surface area contributed by atoms with E-state index in [9.17, 15) is 29.4 Å². The number of benzene rings is 1. The van der Waals surface area contributed by atoms with Gasteiger partial charge in [0.25, 0.3) is 0 Å². The van der Waals surface area contributed by atoms with Crippen LogP contribution in [0.4, 0.5) is 9.59 Å². The number of amides is 6. The molecule has 1 fully saturated rings. The number of urea groups is 2. The Hall–Kier alpha value is -5.08. The zero-order valence-corrected chi connectivity index (χ0v) is 34.9. The maximum Gasteiger partial charge on any atom is 0.318 e. The zero-order valence-electron chi connectivity index (χ0n) is 34.9. The number of hydrogen-bond acceptors (Lipinski definition) is 8. The van der Waals surface area contributed by atoms with Crippen molar-refractivity contribution < 1.29 is 29.4 Å². The Morgan fingerprint density at radius 1 is 0.638 bits per heavy atom. The minimum absolute atomic E-state index is 0.167. The van der Waals surface area contributed by atoms with Crippen LogP contribution in [0, 0.1) is 17.8 Å². The molecule has 6 N–H and O–H groups in total. The van der Waals surface area contributed by atoms with Crippen molar-refractivity contribution in [2.45, 2.75) is 122 Å². The number of aliphatic hydroxyl groups excluding tert-OH is 2. The molecule has 2 aromatic heterocycles. The number of nitrogens with one attached hydrogen (secondary N) is 4. The van der Waals surface area contributed by atoms with Gasteiger partial charge in [-0.1, -0.05) is 102 Å². The molecule has 14 heteroatoms. The molecule has 0 bridgehead atoms. The molecule has 0 radical (unpaired) electrons. The molecule has 0 unspecified atom stereocenters. The Balaban J connectivity index is 1.54. The van der Waals surface area contributed by atoms with Crippen molar-refractivity contribution in [2.24, 2.45) is 17.8 Å². The van der Waals surface area contributed by atoms with Gasteiger partial charge in [-0.05, 0) is 60.4 Å². The molecule has 1 aromatic carbocycles. The monoisotopic (exact) mass is 800 g/mol. The van der Waals surface area contributed by atoms with Crippen molar-refractivity contribution in [2.75, 3.05) is 14.1 Å². The summed E-state index contributed by atoms with van der Waals surface area (Å²) in [7, 11) is 3.25. The van der Waals surface area contributed by atoms with Gasteiger partial charge in [0.2, 0.25) is 11.8 Å². The third-order valence-corrected chi connectivity index (χ3v) is 10.8. The second-order valence-corrected chi connectivity index (χ2v) is 16.3. The molecule has 4 rings (SSSR count). The summed E-state index contributed by atoms with van der Waals surface area (Å²) in [6.07, 6.45) is 5.88. The van der Waals surface area contributed by atoms with Crippen molar-refractivity contribution >= 4 is 23.9 Å². The van der Waals surface area contributed by atoms with Gasteiger partial charge in [-0.15, -0.1) is 0 Å². The summed E-state index contributed by atoms with van der Waals surface area (Å²) >= 11 is 0. The molecule has 3 aromatic rings. The van der Waals surface area contributed by atoms with Crippen LogP contribution in [0.5, 0.6) is 0 Å². The Labute approximate surface area is 343 Å². The van der Waals surface area contributed by atoms with Crippen molar-refractivity contribution in [3.8, 4) is 0 Å². The van der Waals surface area contributed by atoms with E-state index in [0.717, 1.165) is 37.7 Å². The van der Waals surface area contributed by atoms with E-state index in [1.807, 2.05) is 82.3 Å². The predicted molar refractivity (Wildman–Crippen MR) is 223 cm³/mol. The molecule has 0 saturated heterocycles. The number of pyridine rings is 2. The number of aromatic nitrogens is 2. The van der Waals surface area contributed by atoms with Gasteiger partial charge < -0.3 is 41.3 Å². The largest absolute Gasteiger partial charge is 0.388 e. The summed E-state index contributed by atoms with van der Waals surface area (Å²) < 4.78 is 0. The fraction of sp³-hybridized carbons (Fsp3) is 0.545. The Morgan fingerprint density at radius 2 is 1.09 bits per heavy atom. The predicted octanol–water partition coefficient (Wildman–Crippen LogP) is 4.41. The van der Waals surface area contributed by atoms with Gasteiger partial charge >= 0.3 is 12.1 Å². The fourth-order valence-electron chi connectivity index (χ4n) is 7.38. The van der Waals surface area contributed by atoms with E-state index in [1.54, 1.807) is 38.6 Å². The third-order valence-electron chi connectivity index (χ3n) is 10.8. The van der Waals surface area contributed by atoms with Crippen molar-refractivity contribution in [1.29, 1.82) is 0 Å². The molecule has 6 atom stereocenters. The number of carbonyl (C=O) groups is 4. The molecular formula is C44H64N8O6. The summed E-state index contributed by atoms with van der Waals surface area (Å²) in [6, 6.07) is 15.5. The van der Waals surface area contributed by atoms with Crippen LogP contribution in [0.1, 0.15) is 83.2 Å². The lowest BCUT2D eigenvalue weighted by atomic mass is 9.82. The minimum Gasteiger partial charge on any atom is -0.388 e. The van der Waals surface area contributed by atoms with Gasteiger partial charge in [-0.3, -0.25) is 19.6 Å². The highest BCUT2D eigenvalue weighted by Crippen LogP contribution is 2.29. The summed E-state index contributed by atoms with van der Waals surface area (Å²) in [5.41, 5.74) is 2.20. The second-order valence-electron chi connectivity index (χ2n) is 16.3. The smallest absolute Gasteiger partial charge is 0.318 e. The van der Waals surface area contributed by atoms with Gasteiger partial charge in [0.1, 0.15) is 24.3 Å². The van der Waals surface area contributed by atoms with Crippen molar-refractivity contribution in [3.05, 3.63) is 96.1 Å². The molecule has 1 saturated carbocycles. The molecule has 0 aliphatic heterocycles. The lowest BCUT2D eigenvalue weighted by Gasteiger charge is -2.37. The number of aliphatic hydroxyl groups is 2. The molecule has 1 aliphatic carbocycles. The number of hydrogen-bond donors (Lipinski definition) is 6. The minimum atomic E-state index is -1.52. The summed E-state index contributed by atoms with van der Waals surface area (Å²) in [5.74, 6) is -1.44. The maximum absolute atomic E-state index is 14.1. The average Bonchev–Trinajstić information content (AvgIpc) is 3.21. The van der Waals surface area contributed by atoms with Gasteiger partial charge in [0.05, 0.1) is 36.6 Å². The highest BCUT2D eigenvalue weighted by molar-refractivity contribution is 5.88.